The molecule has 4 aromatic carbocycles. The lowest BCUT2D eigenvalue weighted by atomic mass is 9.80. The Hall–Kier alpha value is -5.58. The van der Waals surface area contributed by atoms with Crippen molar-refractivity contribution in [2.75, 3.05) is 39.9 Å². The summed E-state index contributed by atoms with van der Waals surface area (Å²) >= 11 is 0. The Bertz CT molecular complexity index is 1910. The third-order valence-electron chi connectivity index (χ3n) is 9.72. The molecule has 1 fully saturated rings. The first-order chi connectivity index (χ1) is 24.7. The zero-order valence-electron chi connectivity index (χ0n) is 29.1. The number of nitrogens with zero attached hydrogens (tertiary/aromatic N) is 3. The van der Waals surface area contributed by atoms with E-state index in [4.69, 9.17) is 9.47 Å². The van der Waals surface area contributed by atoms with E-state index in [1.54, 1.807) is 19.9 Å². The Morgan fingerprint density at radius 3 is 2.14 bits per heavy atom. The van der Waals surface area contributed by atoms with Crippen LogP contribution in [0.1, 0.15) is 48.1 Å². The molecule has 10 heteroatoms. The van der Waals surface area contributed by atoms with Crippen molar-refractivity contribution in [2.45, 2.75) is 32.2 Å². The first-order valence-corrected chi connectivity index (χ1v) is 17.2. The minimum atomic E-state index is -0.930. The minimum absolute atomic E-state index is 0.110. The molecule has 1 atom stereocenters. The van der Waals surface area contributed by atoms with Crippen LogP contribution in [0.5, 0.6) is 0 Å². The van der Waals surface area contributed by atoms with E-state index in [-0.39, 0.29) is 29.5 Å². The van der Waals surface area contributed by atoms with Crippen molar-refractivity contribution in [3.8, 4) is 0 Å². The molecule has 1 unspecified atom stereocenters. The minimum Gasteiger partial charge on any atom is -0.616 e. The number of allylic oxidation sites excluding steroid dienone is 2. The van der Waals surface area contributed by atoms with E-state index in [1.165, 1.54) is 47.0 Å². The molecule has 2 aliphatic heterocycles. The van der Waals surface area contributed by atoms with Crippen LogP contribution in [0.15, 0.2) is 137 Å². The van der Waals surface area contributed by atoms with Gasteiger partial charge in [0.1, 0.15) is 5.69 Å². The van der Waals surface area contributed by atoms with Crippen LogP contribution in [-0.2, 0) is 20.7 Å². The summed E-state index contributed by atoms with van der Waals surface area (Å²) < 4.78 is 10.8. The Morgan fingerprint density at radius 1 is 0.922 bits per heavy atom. The van der Waals surface area contributed by atoms with Gasteiger partial charge in [-0.15, -0.1) is 0 Å². The number of carbonyl (C=O) groups is 1. The molecule has 0 saturated carbocycles. The molecule has 0 spiro atoms. The second-order valence-corrected chi connectivity index (χ2v) is 12.8. The molecular weight excluding hydrogens is 644 g/mol. The van der Waals surface area contributed by atoms with Crippen molar-refractivity contribution >= 4 is 23.1 Å². The Kier molecular flexibility index (Phi) is 11.0. The highest BCUT2D eigenvalue weighted by molar-refractivity contribution is 6.06. The number of piperazine rings is 1. The molecule has 1 N–H and O–H groups in total. The summed E-state index contributed by atoms with van der Waals surface area (Å²) in [5.74, 6) is -2.23. The van der Waals surface area contributed by atoms with Crippen LogP contribution in [0.25, 0.3) is 0 Å². The third-order valence-corrected chi connectivity index (χ3v) is 9.72. The molecule has 0 aromatic heterocycles. The third kappa shape index (κ3) is 7.93. The van der Waals surface area contributed by atoms with Crippen LogP contribution in [0.3, 0.4) is 0 Å². The number of ether oxygens (including phenoxy) is 2. The average Bonchev–Trinajstić information content (AvgIpc) is 3.16. The summed E-state index contributed by atoms with van der Waals surface area (Å²) in [7, 11) is 1.25. The number of esters is 1. The highest BCUT2D eigenvalue weighted by Crippen LogP contribution is 2.41. The maximum atomic E-state index is 13.6. The van der Waals surface area contributed by atoms with E-state index in [0.717, 1.165) is 31.7 Å². The number of hydrogen-bond donors (Lipinski definition) is 1. The van der Waals surface area contributed by atoms with Gasteiger partial charge < -0.3 is 19.5 Å². The molecule has 0 amide bonds. The predicted octanol–water partition coefficient (Wildman–Crippen LogP) is 5.05. The van der Waals surface area contributed by atoms with Crippen LogP contribution in [0, 0.1) is 10.1 Å². The lowest BCUT2D eigenvalue weighted by Crippen LogP contribution is -3.10. The summed E-state index contributed by atoms with van der Waals surface area (Å²) in [6.07, 6.45) is 0.495. The smallest absolute Gasteiger partial charge is 0.336 e. The topological polar surface area (TPSA) is 122 Å². The quantitative estimate of drug-likeness (QED) is 0.101. The summed E-state index contributed by atoms with van der Waals surface area (Å²) in [6.45, 7) is 7.33. The summed E-state index contributed by atoms with van der Waals surface area (Å²) in [5, 5.41) is 24.5. The van der Waals surface area contributed by atoms with Crippen molar-refractivity contribution in [1.82, 2.24) is 4.90 Å². The van der Waals surface area contributed by atoms with Crippen molar-refractivity contribution in [3.63, 3.8) is 0 Å². The number of methoxy groups -OCH3 is 1. The van der Waals surface area contributed by atoms with Crippen LogP contribution in [-0.4, -0.2) is 61.4 Å². The molecule has 2 aliphatic rings. The highest BCUT2D eigenvalue weighted by Gasteiger charge is 2.35. The van der Waals surface area contributed by atoms with Crippen LogP contribution in [0.2, 0.25) is 0 Å². The molecule has 0 bridgehead atoms. The first-order valence-electron chi connectivity index (χ1n) is 17.2. The largest absolute Gasteiger partial charge is 0.616 e. The summed E-state index contributed by atoms with van der Waals surface area (Å²) in [4.78, 5) is 33.1. The standard InChI is InChI=1S/C41H42N4O6/c1-28-36(40(46)50-3)38(33-15-10-16-35(27-33)45(48)49)37(29(2)42-28)41(47)51-26-21-30-17-19-34(20-18-30)43-22-24-44(25-23-43)39(31-11-6-4-7-12-31)32-13-8-5-9-14-32/h4-20,27,38-39,46H,21-26H2,1-3H3/b40-36+. The van der Waals surface area contributed by atoms with Gasteiger partial charge in [-0.05, 0) is 55.3 Å². The fourth-order valence-electron chi connectivity index (χ4n) is 7.20. The molecule has 51 heavy (non-hydrogen) atoms. The van der Waals surface area contributed by atoms with Crippen molar-refractivity contribution < 1.29 is 29.2 Å². The summed E-state index contributed by atoms with van der Waals surface area (Å²) in [6, 6.07) is 36.0. The number of non-ortho nitro benzene ring substituents is 1. The van der Waals surface area contributed by atoms with Gasteiger partial charge in [0.25, 0.3) is 5.69 Å². The van der Waals surface area contributed by atoms with Crippen LogP contribution < -0.4 is 10.0 Å². The fourth-order valence-corrected chi connectivity index (χ4v) is 7.20. The molecule has 6 rings (SSSR count). The number of quaternary nitrogens is 1. The van der Waals surface area contributed by atoms with E-state index >= 15 is 0 Å². The highest BCUT2D eigenvalue weighted by atomic mass is 16.6. The first kappa shape index (κ1) is 35.3. The number of aliphatic imine (C=N–C) groups is 1. The number of rotatable bonds is 11. The second-order valence-electron chi connectivity index (χ2n) is 12.8. The molecule has 0 aliphatic carbocycles. The number of nitro groups is 1. The Balaban J connectivity index is 1.10. The number of carbonyl (C=O) groups excluding carboxylic acids is 1. The number of nitrogens with one attached hydrogen (secondary N) is 1. The maximum Gasteiger partial charge on any atom is 0.336 e. The number of benzene rings is 4. The van der Waals surface area contributed by atoms with Gasteiger partial charge in [-0.2, -0.15) is 0 Å². The zero-order chi connectivity index (χ0) is 35.9. The summed E-state index contributed by atoms with van der Waals surface area (Å²) in [5.41, 5.74) is 6.17. The Labute approximate surface area is 298 Å². The molecule has 1 saturated heterocycles. The lowest BCUT2D eigenvalue weighted by Gasteiger charge is -2.37. The van der Waals surface area contributed by atoms with Gasteiger partial charge in [-0.25, -0.2) is 4.79 Å². The van der Waals surface area contributed by atoms with E-state index in [0.29, 0.717) is 23.4 Å². The molecule has 0 radical (unpaired) electrons. The molecule has 10 nitrogen and oxygen atoms in total. The van der Waals surface area contributed by atoms with E-state index in [2.05, 4.69) is 94.8 Å². The molecular formula is C41H42N4O6. The van der Waals surface area contributed by atoms with E-state index in [1.807, 2.05) is 0 Å². The lowest BCUT2D eigenvalue weighted by molar-refractivity contribution is -0.838. The predicted molar refractivity (Wildman–Crippen MR) is 193 cm³/mol. The average molecular weight is 687 g/mol. The van der Waals surface area contributed by atoms with Crippen molar-refractivity contribution in [1.29, 1.82) is 0 Å². The number of hydrogen-bond acceptors (Lipinski definition) is 8. The maximum absolute atomic E-state index is 13.6. The van der Waals surface area contributed by atoms with Gasteiger partial charge in [0.2, 0.25) is 0 Å². The Morgan fingerprint density at radius 2 is 1.55 bits per heavy atom. The monoisotopic (exact) mass is 686 g/mol. The van der Waals surface area contributed by atoms with Crippen molar-refractivity contribution in [2.24, 2.45) is 4.99 Å². The zero-order valence-corrected chi connectivity index (χ0v) is 29.1. The van der Waals surface area contributed by atoms with E-state index in [9.17, 15) is 20.0 Å². The van der Waals surface area contributed by atoms with Crippen LogP contribution in [0.4, 0.5) is 11.4 Å². The van der Waals surface area contributed by atoms with Gasteiger partial charge >= 0.3 is 5.97 Å². The fraction of sp³-hybridized carbons (Fsp3) is 0.268. The van der Waals surface area contributed by atoms with Gasteiger partial charge in [0, 0.05) is 54.5 Å². The van der Waals surface area contributed by atoms with Gasteiger partial charge in [-0.1, -0.05) is 84.9 Å². The SMILES string of the molecule is CO/C([O-])=C1\C(C)=NC(C)=C(C(=O)OCCc2ccc([NH+]3CCN(C(c4ccccc4)c4ccccc4)CC3)cc2)C1c1cccc([N+](=O)[O-])c1. The number of nitro benzene ring substituents is 1. The van der Waals surface area contributed by atoms with Gasteiger partial charge in [0.05, 0.1) is 42.2 Å². The van der Waals surface area contributed by atoms with Crippen LogP contribution >= 0.6 is 0 Å². The molecule has 262 valence electrons. The van der Waals surface area contributed by atoms with Gasteiger partial charge in [-0.3, -0.25) is 20.0 Å². The molecule has 4 aromatic rings. The normalized spacial score (nSPS) is 18.0. The van der Waals surface area contributed by atoms with Crippen molar-refractivity contribution in [3.05, 3.63) is 164 Å². The molecule has 2 heterocycles. The second kappa shape index (κ2) is 16.0. The van der Waals surface area contributed by atoms with Gasteiger partial charge in [0.15, 0.2) is 0 Å². The van der Waals surface area contributed by atoms with E-state index < -0.39 is 22.8 Å².